The van der Waals surface area contributed by atoms with E-state index in [0.717, 1.165) is 55.5 Å². The number of anilines is 1. The number of carbonyl (C=O) groups is 1. The van der Waals surface area contributed by atoms with Crippen molar-refractivity contribution in [1.29, 1.82) is 0 Å². The number of rotatable bonds is 1. The van der Waals surface area contributed by atoms with Gasteiger partial charge in [0.2, 0.25) is 5.95 Å². The Kier molecular flexibility index (Phi) is 3.46. The molecule has 5 heteroatoms. The van der Waals surface area contributed by atoms with Crippen LogP contribution in [0.1, 0.15) is 35.1 Å². The number of hydrogen-bond donors (Lipinski definition) is 0. The molecule has 2 heterocycles. The number of nitrogens with zero attached hydrogens (tertiary/aromatic N) is 4. The molecule has 1 aliphatic carbocycles. The Bertz CT molecular complexity index is 535. The molecule has 108 valence electrons. The van der Waals surface area contributed by atoms with Crippen LogP contribution in [0.3, 0.4) is 0 Å². The monoisotopic (exact) mass is 274 g/mol. The molecule has 20 heavy (non-hydrogen) atoms. The van der Waals surface area contributed by atoms with Gasteiger partial charge in [0.1, 0.15) is 0 Å². The second-order valence-electron chi connectivity index (χ2n) is 6.16. The van der Waals surface area contributed by atoms with E-state index in [1.54, 1.807) is 0 Å². The molecule has 0 spiro atoms. The molecule has 1 fully saturated rings. The SMILES string of the molecule is Cc1nc(N2CCN(C)CC2)nc2c1C(=O)C[C@@H](C)C2. The number of Topliss-reactive ketones (excluding diaryl/α,β-unsaturated/α-hetero) is 1. The van der Waals surface area contributed by atoms with Crippen molar-refractivity contribution in [2.75, 3.05) is 38.1 Å². The van der Waals surface area contributed by atoms with Crippen molar-refractivity contribution in [2.45, 2.75) is 26.7 Å². The quantitative estimate of drug-likeness (QED) is 0.772. The third kappa shape index (κ3) is 2.42. The van der Waals surface area contributed by atoms with Crippen LogP contribution >= 0.6 is 0 Å². The molecule has 0 bridgehead atoms. The summed E-state index contributed by atoms with van der Waals surface area (Å²) in [6.45, 7) is 8.04. The highest BCUT2D eigenvalue weighted by atomic mass is 16.1. The second kappa shape index (κ2) is 5.13. The fourth-order valence-electron chi connectivity index (χ4n) is 3.10. The second-order valence-corrected chi connectivity index (χ2v) is 6.16. The van der Waals surface area contributed by atoms with Gasteiger partial charge in [-0.15, -0.1) is 0 Å². The number of ketones is 1. The maximum absolute atomic E-state index is 12.1. The summed E-state index contributed by atoms with van der Waals surface area (Å²) >= 11 is 0. The van der Waals surface area contributed by atoms with E-state index >= 15 is 0 Å². The molecule has 3 rings (SSSR count). The molecule has 1 aromatic rings. The van der Waals surface area contributed by atoms with Crippen molar-refractivity contribution < 1.29 is 4.79 Å². The Morgan fingerprint density at radius 2 is 1.80 bits per heavy atom. The van der Waals surface area contributed by atoms with Gasteiger partial charge >= 0.3 is 0 Å². The lowest BCUT2D eigenvalue weighted by molar-refractivity contribution is 0.0951. The van der Waals surface area contributed by atoms with Gasteiger partial charge in [0, 0.05) is 32.6 Å². The number of hydrogen-bond acceptors (Lipinski definition) is 5. The van der Waals surface area contributed by atoms with Crippen LogP contribution in [-0.4, -0.2) is 53.9 Å². The Hall–Kier alpha value is -1.49. The number of aromatic nitrogens is 2. The van der Waals surface area contributed by atoms with Crippen LogP contribution in [0, 0.1) is 12.8 Å². The molecule has 5 nitrogen and oxygen atoms in total. The van der Waals surface area contributed by atoms with E-state index in [9.17, 15) is 4.79 Å². The van der Waals surface area contributed by atoms with Crippen molar-refractivity contribution in [1.82, 2.24) is 14.9 Å². The lowest BCUT2D eigenvalue weighted by atomic mass is 9.86. The van der Waals surface area contributed by atoms with Gasteiger partial charge in [-0.25, -0.2) is 9.97 Å². The highest BCUT2D eigenvalue weighted by Gasteiger charge is 2.28. The predicted molar refractivity (Wildman–Crippen MR) is 78.3 cm³/mol. The summed E-state index contributed by atoms with van der Waals surface area (Å²) in [4.78, 5) is 26.0. The summed E-state index contributed by atoms with van der Waals surface area (Å²) in [5, 5.41) is 0. The Morgan fingerprint density at radius 1 is 1.10 bits per heavy atom. The Labute approximate surface area is 120 Å². The molecule has 0 saturated carbocycles. The molecule has 0 radical (unpaired) electrons. The lowest BCUT2D eigenvalue weighted by Gasteiger charge is -2.33. The zero-order valence-electron chi connectivity index (χ0n) is 12.5. The van der Waals surface area contributed by atoms with E-state index in [2.05, 4.69) is 28.8 Å². The summed E-state index contributed by atoms with van der Waals surface area (Å²) in [7, 11) is 2.14. The first-order valence-corrected chi connectivity index (χ1v) is 7.39. The maximum atomic E-state index is 12.1. The van der Waals surface area contributed by atoms with Crippen molar-refractivity contribution in [3.05, 3.63) is 17.0 Å². The van der Waals surface area contributed by atoms with Gasteiger partial charge in [0.25, 0.3) is 0 Å². The van der Waals surface area contributed by atoms with E-state index in [0.29, 0.717) is 12.3 Å². The average Bonchev–Trinajstić information content (AvgIpc) is 2.38. The van der Waals surface area contributed by atoms with Gasteiger partial charge in [-0.3, -0.25) is 4.79 Å². The smallest absolute Gasteiger partial charge is 0.225 e. The number of likely N-dealkylation sites (N-methyl/N-ethyl adjacent to an activating group) is 1. The third-order valence-electron chi connectivity index (χ3n) is 4.29. The molecule has 1 atom stereocenters. The van der Waals surface area contributed by atoms with Crippen molar-refractivity contribution in [3.8, 4) is 0 Å². The normalized spacial score (nSPS) is 23.9. The molecule has 1 saturated heterocycles. The van der Waals surface area contributed by atoms with E-state index in [-0.39, 0.29) is 5.78 Å². The van der Waals surface area contributed by atoms with Gasteiger partial charge in [-0.05, 0) is 26.3 Å². The van der Waals surface area contributed by atoms with Crippen molar-refractivity contribution >= 4 is 11.7 Å². The first kappa shape index (κ1) is 13.5. The standard InChI is InChI=1S/C15H22N4O/c1-10-8-12-14(13(20)9-10)11(2)16-15(17-12)19-6-4-18(3)5-7-19/h10H,4-9H2,1-3H3/t10-/m0/s1. The van der Waals surface area contributed by atoms with Crippen molar-refractivity contribution in [2.24, 2.45) is 5.92 Å². The molecule has 0 aromatic carbocycles. The topological polar surface area (TPSA) is 49.3 Å². The highest BCUT2D eigenvalue weighted by Crippen LogP contribution is 2.27. The molecule has 0 unspecified atom stereocenters. The summed E-state index contributed by atoms with van der Waals surface area (Å²) in [6, 6.07) is 0. The van der Waals surface area contributed by atoms with Crippen LogP contribution in [0.5, 0.6) is 0 Å². The largest absolute Gasteiger partial charge is 0.338 e. The first-order valence-electron chi connectivity index (χ1n) is 7.39. The van der Waals surface area contributed by atoms with E-state index in [1.807, 2.05) is 6.92 Å². The van der Waals surface area contributed by atoms with Gasteiger partial charge in [0.05, 0.1) is 17.0 Å². The van der Waals surface area contributed by atoms with E-state index in [4.69, 9.17) is 4.98 Å². The van der Waals surface area contributed by atoms with Gasteiger partial charge < -0.3 is 9.80 Å². The van der Waals surface area contributed by atoms with Crippen LogP contribution in [0.4, 0.5) is 5.95 Å². The zero-order valence-corrected chi connectivity index (χ0v) is 12.5. The summed E-state index contributed by atoms with van der Waals surface area (Å²) in [5.74, 6) is 1.40. The van der Waals surface area contributed by atoms with Gasteiger partial charge in [-0.2, -0.15) is 0 Å². The van der Waals surface area contributed by atoms with Gasteiger partial charge in [-0.1, -0.05) is 6.92 Å². The fourth-order valence-corrected chi connectivity index (χ4v) is 3.10. The highest BCUT2D eigenvalue weighted by molar-refractivity contribution is 5.99. The molecule has 1 aliphatic heterocycles. The Balaban J connectivity index is 1.93. The fraction of sp³-hybridized carbons (Fsp3) is 0.667. The molecular weight excluding hydrogens is 252 g/mol. The summed E-state index contributed by atoms with van der Waals surface area (Å²) < 4.78 is 0. The van der Waals surface area contributed by atoms with Crippen LogP contribution in [0.2, 0.25) is 0 Å². The van der Waals surface area contributed by atoms with E-state index in [1.165, 1.54) is 0 Å². The number of carbonyl (C=O) groups excluding carboxylic acids is 1. The molecule has 0 amide bonds. The van der Waals surface area contributed by atoms with Crippen LogP contribution < -0.4 is 4.90 Å². The Morgan fingerprint density at radius 3 is 2.50 bits per heavy atom. The van der Waals surface area contributed by atoms with Crippen LogP contribution in [0.15, 0.2) is 0 Å². The number of piperazine rings is 1. The minimum absolute atomic E-state index is 0.209. The summed E-state index contributed by atoms with van der Waals surface area (Å²) in [5.41, 5.74) is 2.58. The van der Waals surface area contributed by atoms with Gasteiger partial charge in [0.15, 0.2) is 5.78 Å². The van der Waals surface area contributed by atoms with Crippen LogP contribution in [0.25, 0.3) is 0 Å². The predicted octanol–water partition coefficient (Wildman–Crippen LogP) is 1.30. The van der Waals surface area contributed by atoms with Crippen LogP contribution in [-0.2, 0) is 6.42 Å². The number of aryl methyl sites for hydroxylation is 1. The molecule has 1 aromatic heterocycles. The zero-order chi connectivity index (χ0) is 14.3. The maximum Gasteiger partial charge on any atom is 0.225 e. The molecular formula is C15H22N4O. The molecule has 2 aliphatic rings. The summed E-state index contributed by atoms with van der Waals surface area (Å²) in [6.07, 6.45) is 1.52. The minimum Gasteiger partial charge on any atom is -0.338 e. The molecule has 0 N–H and O–H groups in total. The first-order chi connectivity index (χ1) is 9.54. The third-order valence-corrected chi connectivity index (χ3v) is 4.29. The average molecular weight is 274 g/mol. The van der Waals surface area contributed by atoms with E-state index < -0.39 is 0 Å². The minimum atomic E-state index is 0.209. The lowest BCUT2D eigenvalue weighted by Crippen LogP contribution is -2.45. The van der Waals surface area contributed by atoms with Crippen molar-refractivity contribution in [3.63, 3.8) is 0 Å². The number of fused-ring (bicyclic) bond motifs is 1.